The zero-order valence-corrected chi connectivity index (χ0v) is 19.4. The van der Waals surface area contributed by atoms with Crippen molar-refractivity contribution in [3.63, 3.8) is 0 Å². The molecule has 5 nitrogen and oxygen atoms in total. The minimum atomic E-state index is -5.05. The Hall–Kier alpha value is -2.91. The molecule has 2 unspecified atom stereocenters. The van der Waals surface area contributed by atoms with Crippen LogP contribution in [-0.4, -0.2) is 35.2 Å². The maximum Gasteiger partial charge on any atom is 0.422 e. The van der Waals surface area contributed by atoms with Gasteiger partial charge in [0.2, 0.25) is 5.56 Å². The van der Waals surface area contributed by atoms with Gasteiger partial charge < -0.3 is 14.8 Å². The van der Waals surface area contributed by atoms with Crippen molar-refractivity contribution in [3.8, 4) is 5.75 Å². The highest BCUT2D eigenvalue weighted by Crippen LogP contribution is 2.43. The van der Waals surface area contributed by atoms with Gasteiger partial charge in [-0.15, -0.1) is 0 Å². The van der Waals surface area contributed by atoms with Crippen molar-refractivity contribution in [2.75, 3.05) is 7.11 Å². The maximum atomic E-state index is 14.1. The predicted octanol–water partition coefficient (Wildman–Crippen LogP) is 6.22. The Labute approximate surface area is 198 Å². The summed E-state index contributed by atoms with van der Waals surface area (Å²) in [4.78, 5) is 17.7. The summed E-state index contributed by atoms with van der Waals surface area (Å²) in [5, 5.41) is 11.3. The normalized spacial score (nSPS) is 15.0. The highest BCUT2D eigenvalue weighted by atomic mass is 35.5. The van der Waals surface area contributed by atoms with E-state index in [-0.39, 0.29) is 23.0 Å². The number of aliphatic imine (C=N–C) groups is 1. The van der Waals surface area contributed by atoms with E-state index in [9.17, 15) is 27.5 Å². The van der Waals surface area contributed by atoms with Gasteiger partial charge in [-0.05, 0) is 55.5 Å². The van der Waals surface area contributed by atoms with Crippen LogP contribution in [0.2, 0.25) is 5.02 Å². The van der Waals surface area contributed by atoms with E-state index in [4.69, 9.17) is 16.3 Å². The highest BCUT2D eigenvalue weighted by Gasteiger charge is 2.53. The van der Waals surface area contributed by atoms with Crippen molar-refractivity contribution < 1.29 is 27.4 Å². The molecule has 0 bridgehead atoms. The van der Waals surface area contributed by atoms with E-state index in [1.165, 1.54) is 19.2 Å². The zero-order chi connectivity index (χ0) is 25.3. The van der Waals surface area contributed by atoms with Gasteiger partial charge in [0.05, 0.1) is 18.3 Å². The van der Waals surface area contributed by atoms with Crippen LogP contribution in [0, 0.1) is 12.7 Å². The minimum Gasteiger partial charge on any atom is -0.496 e. The van der Waals surface area contributed by atoms with Crippen LogP contribution in [0.4, 0.5) is 23.2 Å². The van der Waals surface area contributed by atoms with Gasteiger partial charge in [-0.3, -0.25) is 9.79 Å². The van der Waals surface area contributed by atoms with Crippen LogP contribution in [0.15, 0.2) is 46.2 Å². The molecule has 182 valence electrons. The monoisotopic (exact) mass is 498 g/mol. The molecule has 0 spiro atoms. The summed E-state index contributed by atoms with van der Waals surface area (Å²) >= 11 is 6.12. The van der Waals surface area contributed by atoms with Gasteiger partial charge in [0.25, 0.3) is 0 Å². The summed E-state index contributed by atoms with van der Waals surface area (Å²) in [7, 11) is 1.40. The fourth-order valence-electron chi connectivity index (χ4n) is 3.86. The summed E-state index contributed by atoms with van der Waals surface area (Å²) in [6.07, 6.45) is -5.10. The zero-order valence-electron chi connectivity index (χ0n) is 18.6. The summed E-state index contributed by atoms with van der Waals surface area (Å²) < 4.78 is 61.7. The molecule has 0 saturated heterocycles. The molecule has 0 aliphatic rings. The molecule has 2 N–H and O–H groups in total. The number of methoxy groups -OCH3 is 1. The van der Waals surface area contributed by atoms with Crippen LogP contribution in [-0.2, 0) is 0 Å². The molecule has 3 rings (SSSR count). The Morgan fingerprint density at radius 2 is 1.91 bits per heavy atom. The molecule has 1 aromatic heterocycles. The first-order chi connectivity index (χ1) is 15.9. The standard InChI is InChI=1S/C24H23ClF4N2O3/c1-4-14(15-5-7-17(25)13(2)22(15)34-3)11-23(33,24(27,28)29)12-30-19-9-8-18(26)21-16(19)6-10-20(32)31-21/h5-10,12,14,33H,4,11H2,1-3H3,(H,31,32). The van der Waals surface area contributed by atoms with Gasteiger partial charge in [-0.25, -0.2) is 4.39 Å². The van der Waals surface area contributed by atoms with Crippen molar-refractivity contribution in [3.05, 3.63) is 68.7 Å². The van der Waals surface area contributed by atoms with Crippen LogP contribution < -0.4 is 10.3 Å². The number of pyridine rings is 1. The van der Waals surface area contributed by atoms with E-state index in [0.717, 1.165) is 12.1 Å². The highest BCUT2D eigenvalue weighted by molar-refractivity contribution is 6.31. The number of fused-ring (bicyclic) bond motifs is 1. The molecular weight excluding hydrogens is 476 g/mol. The Balaban J connectivity index is 2.06. The number of nitrogens with zero attached hydrogens (tertiary/aromatic N) is 1. The lowest BCUT2D eigenvalue weighted by Crippen LogP contribution is -2.47. The van der Waals surface area contributed by atoms with E-state index >= 15 is 0 Å². The number of aliphatic hydroxyl groups is 1. The number of H-pyrrole nitrogens is 1. The SMILES string of the molecule is CCC(CC(O)(C=Nc1ccc(F)c2[nH]c(=O)ccc12)C(F)(F)F)c1ccc(Cl)c(C)c1OC. The second kappa shape index (κ2) is 9.76. The summed E-state index contributed by atoms with van der Waals surface area (Å²) in [6.45, 7) is 3.39. The topological polar surface area (TPSA) is 74.7 Å². The molecule has 2 aromatic carbocycles. The Kier molecular flexibility index (Phi) is 7.38. The first kappa shape index (κ1) is 25.7. The van der Waals surface area contributed by atoms with Gasteiger partial charge in [-0.2, -0.15) is 13.2 Å². The van der Waals surface area contributed by atoms with Crippen molar-refractivity contribution in [1.82, 2.24) is 4.98 Å². The number of aromatic nitrogens is 1. The van der Waals surface area contributed by atoms with Crippen molar-refractivity contribution in [2.24, 2.45) is 4.99 Å². The number of alkyl halides is 3. The molecule has 0 aliphatic heterocycles. The third-order valence-electron chi connectivity index (χ3n) is 5.79. The second-order valence-electron chi connectivity index (χ2n) is 7.96. The number of hydrogen-bond donors (Lipinski definition) is 2. The molecule has 0 fully saturated rings. The van der Waals surface area contributed by atoms with Crippen LogP contribution in [0.5, 0.6) is 5.75 Å². The van der Waals surface area contributed by atoms with E-state index < -0.39 is 35.5 Å². The lowest BCUT2D eigenvalue weighted by atomic mass is 9.83. The van der Waals surface area contributed by atoms with E-state index in [1.807, 2.05) is 0 Å². The molecule has 0 saturated carbocycles. The minimum absolute atomic E-state index is 0.0386. The molecule has 1 heterocycles. The fourth-order valence-corrected chi connectivity index (χ4v) is 4.01. The number of nitrogens with one attached hydrogen (secondary N) is 1. The fraction of sp³-hybridized carbons (Fsp3) is 0.333. The molecule has 3 aromatic rings. The van der Waals surface area contributed by atoms with Gasteiger partial charge in [-0.1, -0.05) is 24.6 Å². The van der Waals surface area contributed by atoms with Gasteiger partial charge in [0.1, 0.15) is 11.6 Å². The number of rotatable bonds is 7. The van der Waals surface area contributed by atoms with E-state index in [0.29, 0.717) is 28.1 Å². The van der Waals surface area contributed by atoms with Crippen LogP contribution >= 0.6 is 11.6 Å². The Bertz CT molecular complexity index is 1290. The smallest absolute Gasteiger partial charge is 0.422 e. The lowest BCUT2D eigenvalue weighted by molar-refractivity contribution is -0.232. The van der Waals surface area contributed by atoms with Crippen LogP contribution in [0.1, 0.15) is 36.8 Å². The van der Waals surface area contributed by atoms with Crippen LogP contribution in [0.3, 0.4) is 0 Å². The van der Waals surface area contributed by atoms with Gasteiger partial charge >= 0.3 is 6.18 Å². The summed E-state index contributed by atoms with van der Waals surface area (Å²) in [5.41, 5.74) is -3.04. The molecule has 10 heteroatoms. The molecular formula is C24H23ClF4N2O3. The number of aromatic amines is 1. The number of benzene rings is 2. The average molecular weight is 499 g/mol. The van der Waals surface area contributed by atoms with Gasteiger partial charge in [0.15, 0.2) is 5.60 Å². The largest absolute Gasteiger partial charge is 0.496 e. The average Bonchev–Trinajstić information content (AvgIpc) is 2.78. The molecule has 0 radical (unpaired) electrons. The molecule has 34 heavy (non-hydrogen) atoms. The Morgan fingerprint density at radius 3 is 2.53 bits per heavy atom. The third-order valence-corrected chi connectivity index (χ3v) is 6.20. The number of ether oxygens (including phenoxy) is 1. The van der Waals surface area contributed by atoms with Crippen molar-refractivity contribution in [2.45, 2.75) is 44.4 Å². The quantitative estimate of drug-likeness (QED) is 0.300. The van der Waals surface area contributed by atoms with Crippen LogP contribution in [0.25, 0.3) is 10.9 Å². The third kappa shape index (κ3) is 4.95. The first-order valence-electron chi connectivity index (χ1n) is 10.4. The van der Waals surface area contributed by atoms with Crippen molar-refractivity contribution >= 4 is 34.4 Å². The number of halogens is 5. The predicted molar refractivity (Wildman–Crippen MR) is 124 cm³/mol. The lowest BCUT2D eigenvalue weighted by Gasteiger charge is -2.31. The van der Waals surface area contributed by atoms with E-state index in [1.54, 1.807) is 26.0 Å². The molecule has 0 aliphatic carbocycles. The summed E-state index contributed by atoms with van der Waals surface area (Å²) in [5.74, 6) is -1.14. The first-order valence-corrected chi connectivity index (χ1v) is 10.8. The second-order valence-corrected chi connectivity index (χ2v) is 8.37. The Morgan fingerprint density at radius 1 is 1.21 bits per heavy atom. The molecule has 0 amide bonds. The summed E-state index contributed by atoms with van der Waals surface area (Å²) in [6, 6.07) is 7.68. The maximum absolute atomic E-state index is 14.1. The van der Waals surface area contributed by atoms with Gasteiger partial charge in [0, 0.05) is 28.3 Å². The molecule has 2 atom stereocenters. The number of hydrogen-bond acceptors (Lipinski definition) is 4. The van der Waals surface area contributed by atoms with E-state index in [2.05, 4.69) is 9.98 Å². The van der Waals surface area contributed by atoms with Crippen molar-refractivity contribution in [1.29, 1.82) is 0 Å².